The van der Waals surface area contributed by atoms with Crippen LogP contribution in [0.15, 0.2) is 0 Å². The van der Waals surface area contributed by atoms with Gasteiger partial charge in [-0.05, 0) is 0 Å². The molecule has 0 aromatic rings. The predicted octanol–water partition coefficient (Wildman–Crippen LogP) is 4.20. The first-order valence-corrected chi connectivity index (χ1v) is 4.38. The first-order chi connectivity index (χ1) is 5.00. The second kappa shape index (κ2) is 36.4. The van der Waals surface area contributed by atoms with Gasteiger partial charge in [0.25, 0.3) is 0 Å². The van der Waals surface area contributed by atoms with Gasteiger partial charge in [-0.25, -0.2) is 0 Å². The summed E-state index contributed by atoms with van der Waals surface area (Å²) in [7, 11) is 0.500. The molecule has 0 aromatic carbocycles. The van der Waals surface area contributed by atoms with Crippen LogP contribution in [0.4, 0.5) is 4.39 Å². The molecule has 0 heterocycles. The van der Waals surface area contributed by atoms with E-state index < -0.39 is 0 Å². The fourth-order valence-electron chi connectivity index (χ4n) is 0.250. The van der Waals surface area contributed by atoms with Crippen LogP contribution in [-0.2, 0) is 0 Å². The molecule has 0 nitrogen and oxygen atoms in total. The van der Waals surface area contributed by atoms with Gasteiger partial charge in [0.05, 0.1) is 7.18 Å². The maximum Gasteiger partial charge on any atom is 0.0785 e. The normalized spacial score (nSPS) is 11.4. The van der Waals surface area contributed by atoms with E-state index in [1.165, 1.54) is 25.7 Å². The van der Waals surface area contributed by atoms with Crippen molar-refractivity contribution >= 4 is 0 Å². The molecular formula is C9H23F. The molecule has 0 saturated heterocycles. The average Bonchev–Trinajstić information content (AvgIpc) is 1.96. The molecule has 0 aliphatic heterocycles. The molecule has 1 aliphatic rings. The van der Waals surface area contributed by atoms with Crippen molar-refractivity contribution in [1.82, 2.24) is 0 Å². The molecular weight excluding hydrogens is 127 g/mol. The molecule has 0 unspecified atom stereocenters. The van der Waals surface area contributed by atoms with Crippen molar-refractivity contribution in [1.29, 1.82) is 0 Å². The van der Waals surface area contributed by atoms with Gasteiger partial charge in [0.15, 0.2) is 0 Å². The Bertz CT molecular complexity index is 12.7. The van der Waals surface area contributed by atoms with Crippen LogP contribution in [0.5, 0.6) is 0 Å². The van der Waals surface area contributed by atoms with E-state index in [9.17, 15) is 4.39 Å². The zero-order valence-electron chi connectivity index (χ0n) is 8.21. The smallest absolute Gasteiger partial charge is 0.0785 e. The average molecular weight is 150 g/mol. The SMILES string of the molecule is C1CCC1.CC.CC.CF. The number of hydrogen-bond acceptors (Lipinski definition) is 0. The molecule has 1 heteroatoms. The van der Waals surface area contributed by atoms with Gasteiger partial charge in [-0.1, -0.05) is 53.4 Å². The van der Waals surface area contributed by atoms with E-state index in [1.54, 1.807) is 0 Å². The highest BCUT2D eigenvalue weighted by atomic mass is 19.1. The monoisotopic (exact) mass is 150 g/mol. The van der Waals surface area contributed by atoms with Crippen LogP contribution in [-0.4, -0.2) is 7.18 Å². The second-order valence-electron chi connectivity index (χ2n) is 1.41. The van der Waals surface area contributed by atoms with Gasteiger partial charge < -0.3 is 0 Å². The summed E-state index contributed by atoms with van der Waals surface area (Å²) in [4.78, 5) is 0. The molecule has 0 bridgehead atoms. The quantitative estimate of drug-likeness (QED) is 0.485. The highest BCUT2D eigenvalue weighted by Gasteiger charge is 1.95. The third kappa shape index (κ3) is 24.7. The third-order valence-corrected chi connectivity index (χ3v) is 1.000. The van der Waals surface area contributed by atoms with Crippen molar-refractivity contribution in [3.8, 4) is 0 Å². The minimum atomic E-state index is 0.500. The molecule has 0 radical (unpaired) electrons. The van der Waals surface area contributed by atoms with Gasteiger partial charge in [0.1, 0.15) is 0 Å². The second-order valence-corrected chi connectivity index (χ2v) is 1.41. The largest absolute Gasteiger partial charge is 0.255 e. The Morgan fingerprint density at radius 2 is 0.700 bits per heavy atom. The molecule has 0 atom stereocenters. The number of alkyl halides is 1. The van der Waals surface area contributed by atoms with Crippen molar-refractivity contribution in [3.63, 3.8) is 0 Å². The fourth-order valence-corrected chi connectivity index (χ4v) is 0.250. The van der Waals surface area contributed by atoms with Crippen LogP contribution >= 0.6 is 0 Å². The molecule has 0 spiro atoms. The van der Waals surface area contributed by atoms with Crippen LogP contribution in [0.1, 0.15) is 53.4 Å². The van der Waals surface area contributed by atoms with Crippen molar-refractivity contribution in [2.45, 2.75) is 53.4 Å². The lowest BCUT2D eigenvalue weighted by molar-refractivity contribution is 0.504. The van der Waals surface area contributed by atoms with E-state index in [0.29, 0.717) is 7.18 Å². The molecule has 0 aromatic heterocycles. The molecule has 0 N–H and O–H groups in total. The van der Waals surface area contributed by atoms with E-state index in [2.05, 4.69) is 0 Å². The molecule has 1 rings (SSSR count). The highest BCUT2D eigenvalue weighted by Crippen LogP contribution is 2.15. The van der Waals surface area contributed by atoms with Crippen molar-refractivity contribution in [2.75, 3.05) is 7.18 Å². The minimum Gasteiger partial charge on any atom is -0.255 e. The summed E-state index contributed by atoms with van der Waals surface area (Å²) in [6.07, 6.45) is 6.00. The van der Waals surface area contributed by atoms with Crippen LogP contribution < -0.4 is 0 Å². The lowest BCUT2D eigenvalue weighted by Gasteiger charge is -2.05. The molecule has 1 saturated carbocycles. The van der Waals surface area contributed by atoms with Gasteiger partial charge in [0.2, 0.25) is 0 Å². The summed E-state index contributed by atoms with van der Waals surface area (Å²) < 4.78 is 9.50. The van der Waals surface area contributed by atoms with E-state index >= 15 is 0 Å². The lowest BCUT2D eigenvalue weighted by Crippen LogP contribution is -1.85. The van der Waals surface area contributed by atoms with Gasteiger partial charge in [-0.3, -0.25) is 4.39 Å². The summed E-state index contributed by atoms with van der Waals surface area (Å²) in [5, 5.41) is 0. The summed E-state index contributed by atoms with van der Waals surface area (Å²) in [6, 6.07) is 0. The Labute approximate surface area is 65.8 Å². The van der Waals surface area contributed by atoms with Crippen LogP contribution in [0.3, 0.4) is 0 Å². The van der Waals surface area contributed by atoms with E-state index in [0.717, 1.165) is 0 Å². The maximum absolute atomic E-state index is 9.50. The molecule has 1 fully saturated rings. The van der Waals surface area contributed by atoms with E-state index in [4.69, 9.17) is 0 Å². The van der Waals surface area contributed by atoms with E-state index in [-0.39, 0.29) is 0 Å². The minimum absolute atomic E-state index is 0.500. The summed E-state index contributed by atoms with van der Waals surface area (Å²) in [5.74, 6) is 0. The Morgan fingerprint density at radius 1 is 0.600 bits per heavy atom. The van der Waals surface area contributed by atoms with Gasteiger partial charge >= 0.3 is 0 Å². The Kier molecular flexibility index (Phi) is 60.0. The maximum atomic E-state index is 9.50. The number of halogens is 1. The topological polar surface area (TPSA) is 0 Å². The Hall–Kier alpha value is -0.0700. The first kappa shape index (κ1) is 16.5. The van der Waals surface area contributed by atoms with Crippen molar-refractivity contribution < 1.29 is 4.39 Å². The summed E-state index contributed by atoms with van der Waals surface area (Å²) in [6.45, 7) is 8.00. The van der Waals surface area contributed by atoms with Crippen LogP contribution in [0.2, 0.25) is 0 Å². The lowest BCUT2D eigenvalue weighted by atomic mass is 10.0. The number of hydrogen-bond donors (Lipinski definition) is 0. The van der Waals surface area contributed by atoms with E-state index in [1.807, 2.05) is 27.7 Å². The number of rotatable bonds is 0. The molecule has 1 aliphatic carbocycles. The van der Waals surface area contributed by atoms with Gasteiger partial charge in [-0.2, -0.15) is 0 Å². The molecule has 10 heavy (non-hydrogen) atoms. The Balaban J connectivity index is -0.0000000729. The van der Waals surface area contributed by atoms with Crippen LogP contribution in [0, 0.1) is 0 Å². The zero-order valence-corrected chi connectivity index (χ0v) is 8.21. The van der Waals surface area contributed by atoms with Crippen molar-refractivity contribution in [3.05, 3.63) is 0 Å². The zero-order chi connectivity index (χ0) is 8.83. The molecule has 66 valence electrons. The summed E-state index contributed by atoms with van der Waals surface area (Å²) >= 11 is 0. The van der Waals surface area contributed by atoms with Crippen LogP contribution in [0.25, 0.3) is 0 Å². The highest BCUT2D eigenvalue weighted by molar-refractivity contribution is 4.50. The standard InChI is InChI=1S/C4H8.2C2H6.CH3F/c1-2-4-3-1;3*1-2/h1-4H2;2*1-2H3;1H3. The third-order valence-electron chi connectivity index (χ3n) is 1.000. The fraction of sp³-hybridized carbons (Fsp3) is 1.00. The predicted molar refractivity (Wildman–Crippen MR) is 48.2 cm³/mol. The van der Waals surface area contributed by atoms with Gasteiger partial charge in [0, 0.05) is 0 Å². The van der Waals surface area contributed by atoms with Gasteiger partial charge in [-0.15, -0.1) is 0 Å². The Morgan fingerprint density at radius 3 is 0.700 bits per heavy atom. The molecule has 0 amide bonds. The van der Waals surface area contributed by atoms with Crippen molar-refractivity contribution in [2.24, 2.45) is 0 Å². The first-order valence-electron chi connectivity index (χ1n) is 4.38. The summed E-state index contributed by atoms with van der Waals surface area (Å²) in [5.41, 5.74) is 0.